The summed E-state index contributed by atoms with van der Waals surface area (Å²) in [5, 5.41) is 5.27. The van der Waals surface area contributed by atoms with Crippen LogP contribution in [0.4, 0.5) is 5.69 Å². The fourth-order valence-corrected chi connectivity index (χ4v) is 3.81. The van der Waals surface area contributed by atoms with Crippen LogP contribution in [-0.4, -0.2) is 6.04 Å². The Morgan fingerprint density at radius 1 is 1.05 bits per heavy atom. The molecule has 1 aromatic rings. The minimum atomic E-state index is 0.476. The molecule has 1 saturated carbocycles. The predicted octanol–water partition coefficient (Wildman–Crippen LogP) is 6.42. The topological polar surface area (TPSA) is 12.0 Å². The Balaban J connectivity index is 1.96. The van der Waals surface area contributed by atoms with Crippen LogP contribution in [0.5, 0.6) is 0 Å². The summed E-state index contributed by atoms with van der Waals surface area (Å²) in [6.45, 7) is 2.26. The van der Waals surface area contributed by atoms with Crippen LogP contribution in [0.2, 0.25) is 15.1 Å². The van der Waals surface area contributed by atoms with E-state index >= 15 is 0 Å². The molecule has 1 fully saturated rings. The standard InChI is InChI=1S/C15H20Cl3N/c1-2-3-10-4-6-12(7-5-10)19-15-13(17)8-11(16)9-14(15)18/h8-10,12,19H,2-7H2,1H3. The first-order valence-electron chi connectivity index (χ1n) is 7.01. The zero-order valence-electron chi connectivity index (χ0n) is 11.2. The van der Waals surface area contributed by atoms with Crippen LogP contribution in [0.25, 0.3) is 0 Å². The monoisotopic (exact) mass is 319 g/mol. The third kappa shape index (κ3) is 4.18. The SMILES string of the molecule is CCCC1CCC(Nc2c(Cl)cc(Cl)cc2Cl)CC1. The van der Waals surface area contributed by atoms with Crippen molar-refractivity contribution >= 4 is 40.5 Å². The lowest BCUT2D eigenvalue weighted by molar-refractivity contribution is 0.319. The smallest absolute Gasteiger partial charge is 0.0722 e. The predicted molar refractivity (Wildman–Crippen MR) is 85.7 cm³/mol. The van der Waals surface area contributed by atoms with Gasteiger partial charge in [0.1, 0.15) is 0 Å². The first-order chi connectivity index (χ1) is 9.10. The van der Waals surface area contributed by atoms with Crippen LogP contribution in [0.15, 0.2) is 12.1 Å². The molecule has 1 N–H and O–H groups in total. The van der Waals surface area contributed by atoms with Crippen molar-refractivity contribution in [2.45, 2.75) is 51.5 Å². The van der Waals surface area contributed by atoms with E-state index in [4.69, 9.17) is 34.8 Å². The van der Waals surface area contributed by atoms with Crippen molar-refractivity contribution in [1.29, 1.82) is 0 Å². The molecule has 0 spiro atoms. The second-order valence-corrected chi connectivity index (χ2v) is 6.65. The van der Waals surface area contributed by atoms with E-state index in [0.717, 1.165) is 11.6 Å². The molecule has 0 aliphatic heterocycles. The second-order valence-electron chi connectivity index (χ2n) is 5.40. The number of nitrogens with one attached hydrogen (secondary N) is 1. The van der Waals surface area contributed by atoms with Crippen LogP contribution < -0.4 is 5.32 Å². The van der Waals surface area contributed by atoms with Crippen molar-refractivity contribution in [2.75, 3.05) is 5.32 Å². The van der Waals surface area contributed by atoms with Crippen LogP contribution in [0, 0.1) is 5.92 Å². The molecule has 19 heavy (non-hydrogen) atoms. The van der Waals surface area contributed by atoms with Gasteiger partial charge in [0.15, 0.2) is 0 Å². The fraction of sp³-hybridized carbons (Fsp3) is 0.600. The molecule has 0 amide bonds. The summed E-state index contributed by atoms with van der Waals surface area (Å²) in [7, 11) is 0. The van der Waals surface area contributed by atoms with Crippen LogP contribution in [-0.2, 0) is 0 Å². The molecule has 0 atom stereocenters. The highest BCUT2D eigenvalue weighted by molar-refractivity contribution is 6.41. The molecule has 0 heterocycles. The number of anilines is 1. The lowest BCUT2D eigenvalue weighted by Crippen LogP contribution is -2.26. The van der Waals surface area contributed by atoms with Crippen LogP contribution >= 0.6 is 34.8 Å². The number of hydrogen-bond acceptors (Lipinski definition) is 1. The van der Waals surface area contributed by atoms with Gasteiger partial charge in [0.25, 0.3) is 0 Å². The van der Waals surface area contributed by atoms with Gasteiger partial charge in [-0.15, -0.1) is 0 Å². The summed E-state index contributed by atoms with van der Waals surface area (Å²) in [5.74, 6) is 0.902. The molecule has 0 saturated heterocycles. The molecule has 0 radical (unpaired) electrons. The zero-order valence-corrected chi connectivity index (χ0v) is 13.5. The summed E-state index contributed by atoms with van der Waals surface area (Å²) in [6, 6.07) is 3.95. The van der Waals surface area contributed by atoms with Crippen LogP contribution in [0.3, 0.4) is 0 Å². The molecule has 2 rings (SSSR count). The average molecular weight is 321 g/mol. The van der Waals surface area contributed by atoms with Gasteiger partial charge in [-0.05, 0) is 43.7 Å². The molecule has 0 bridgehead atoms. The van der Waals surface area contributed by atoms with E-state index in [1.54, 1.807) is 12.1 Å². The van der Waals surface area contributed by atoms with E-state index < -0.39 is 0 Å². The summed E-state index contributed by atoms with van der Waals surface area (Å²) in [6.07, 6.45) is 7.63. The highest BCUT2D eigenvalue weighted by atomic mass is 35.5. The van der Waals surface area contributed by atoms with Crippen molar-refractivity contribution in [1.82, 2.24) is 0 Å². The van der Waals surface area contributed by atoms with E-state index in [1.165, 1.54) is 38.5 Å². The Morgan fingerprint density at radius 2 is 1.63 bits per heavy atom. The van der Waals surface area contributed by atoms with Gasteiger partial charge in [-0.2, -0.15) is 0 Å². The largest absolute Gasteiger partial charge is 0.380 e. The van der Waals surface area contributed by atoms with Crippen molar-refractivity contribution < 1.29 is 0 Å². The van der Waals surface area contributed by atoms with E-state index in [2.05, 4.69) is 12.2 Å². The molecule has 1 aliphatic rings. The molecule has 1 aromatic carbocycles. The van der Waals surface area contributed by atoms with Crippen LogP contribution in [0.1, 0.15) is 45.4 Å². The molecule has 106 valence electrons. The van der Waals surface area contributed by atoms with Crippen molar-refractivity contribution in [2.24, 2.45) is 5.92 Å². The first-order valence-corrected chi connectivity index (χ1v) is 8.14. The van der Waals surface area contributed by atoms with E-state index in [1.807, 2.05) is 0 Å². The average Bonchev–Trinajstić information content (AvgIpc) is 2.36. The van der Waals surface area contributed by atoms with Gasteiger partial charge in [0.2, 0.25) is 0 Å². The number of hydrogen-bond donors (Lipinski definition) is 1. The van der Waals surface area contributed by atoms with Crippen molar-refractivity contribution in [3.05, 3.63) is 27.2 Å². The number of halogens is 3. The van der Waals surface area contributed by atoms with Crippen molar-refractivity contribution in [3.63, 3.8) is 0 Å². The highest BCUT2D eigenvalue weighted by Gasteiger charge is 2.21. The second kappa shape index (κ2) is 7.06. The Labute approximate surface area is 130 Å². The highest BCUT2D eigenvalue weighted by Crippen LogP contribution is 2.36. The summed E-state index contributed by atoms with van der Waals surface area (Å²) >= 11 is 18.3. The maximum atomic E-state index is 6.20. The maximum Gasteiger partial charge on any atom is 0.0722 e. The molecular weight excluding hydrogens is 301 g/mol. The van der Waals surface area contributed by atoms with Gasteiger partial charge >= 0.3 is 0 Å². The first kappa shape index (κ1) is 15.3. The quantitative estimate of drug-likeness (QED) is 0.675. The van der Waals surface area contributed by atoms with Gasteiger partial charge < -0.3 is 5.32 Å². The number of rotatable bonds is 4. The Hall–Kier alpha value is -0.110. The molecule has 1 nitrogen and oxygen atoms in total. The Morgan fingerprint density at radius 3 is 2.16 bits per heavy atom. The molecular formula is C15H20Cl3N. The Kier molecular flexibility index (Phi) is 5.68. The zero-order chi connectivity index (χ0) is 13.8. The lowest BCUT2D eigenvalue weighted by atomic mass is 9.83. The molecule has 1 aliphatic carbocycles. The van der Waals surface area contributed by atoms with E-state index in [0.29, 0.717) is 21.1 Å². The summed E-state index contributed by atoms with van der Waals surface area (Å²) < 4.78 is 0. The molecule has 0 aromatic heterocycles. The Bertz CT molecular complexity index is 402. The lowest BCUT2D eigenvalue weighted by Gasteiger charge is -2.30. The van der Waals surface area contributed by atoms with Gasteiger partial charge in [0.05, 0.1) is 15.7 Å². The van der Waals surface area contributed by atoms with Gasteiger partial charge in [0, 0.05) is 11.1 Å². The third-order valence-corrected chi connectivity index (χ3v) is 4.71. The normalized spacial score (nSPS) is 23.4. The minimum absolute atomic E-state index is 0.476. The van der Waals surface area contributed by atoms with Gasteiger partial charge in [-0.3, -0.25) is 0 Å². The number of benzene rings is 1. The van der Waals surface area contributed by atoms with Crippen molar-refractivity contribution in [3.8, 4) is 0 Å². The summed E-state index contributed by atoms with van der Waals surface area (Å²) in [5.41, 5.74) is 0.826. The van der Waals surface area contributed by atoms with E-state index in [9.17, 15) is 0 Å². The summed E-state index contributed by atoms with van der Waals surface area (Å²) in [4.78, 5) is 0. The maximum absolute atomic E-state index is 6.20. The van der Waals surface area contributed by atoms with Gasteiger partial charge in [-0.1, -0.05) is 54.6 Å². The molecule has 4 heteroatoms. The fourth-order valence-electron chi connectivity index (χ4n) is 2.89. The minimum Gasteiger partial charge on any atom is -0.380 e. The van der Waals surface area contributed by atoms with E-state index in [-0.39, 0.29) is 0 Å². The van der Waals surface area contributed by atoms with Gasteiger partial charge in [-0.25, -0.2) is 0 Å². The third-order valence-electron chi connectivity index (χ3n) is 3.90. The molecule has 0 unspecified atom stereocenters.